The van der Waals surface area contributed by atoms with E-state index < -0.39 is 12.2 Å². The highest BCUT2D eigenvalue weighted by Crippen LogP contribution is 2.30. The lowest BCUT2D eigenvalue weighted by Crippen LogP contribution is -2.57. The fraction of sp³-hybridized carbons (Fsp3) is 0.647. The molecular formula is C17H27N3O4. The number of aliphatic hydroxyl groups is 2. The second-order valence-corrected chi connectivity index (χ2v) is 6.31. The van der Waals surface area contributed by atoms with Gasteiger partial charge in [0.1, 0.15) is 18.0 Å². The number of nitrogens with two attached hydrogens (primary N) is 1. The summed E-state index contributed by atoms with van der Waals surface area (Å²) in [6, 6.07) is 7.84. The molecule has 4 atom stereocenters. The van der Waals surface area contributed by atoms with Crippen molar-refractivity contribution in [3.63, 3.8) is 0 Å². The molecule has 24 heavy (non-hydrogen) atoms. The molecule has 1 aromatic rings. The zero-order valence-electron chi connectivity index (χ0n) is 14.0. The third-order valence-corrected chi connectivity index (χ3v) is 5.04. The van der Waals surface area contributed by atoms with Gasteiger partial charge in [0.25, 0.3) is 0 Å². The van der Waals surface area contributed by atoms with E-state index in [1.807, 2.05) is 18.2 Å². The smallest absolute Gasteiger partial charge is 0.142 e. The van der Waals surface area contributed by atoms with Crippen LogP contribution >= 0.6 is 0 Å². The summed E-state index contributed by atoms with van der Waals surface area (Å²) in [7, 11) is 1.68. The summed E-state index contributed by atoms with van der Waals surface area (Å²) in [5.41, 5.74) is 6.88. The number of rotatable bonds is 5. The van der Waals surface area contributed by atoms with Crippen molar-refractivity contribution in [2.75, 3.05) is 51.3 Å². The molecular weight excluding hydrogens is 310 g/mol. The number of piperazine rings is 1. The topological polar surface area (TPSA) is 91.4 Å². The van der Waals surface area contributed by atoms with Gasteiger partial charge < -0.3 is 30.3 Å². The molecule has 134 valence electrons. The summed E-state index contributed by atoms with van der Waals surface area (Å²) in [4.78, 5) is 4.52. The third kappa shape index (κ3) is 3.22. The van der Waals surface area contributed by atoms with E-state index >= 15 is 0 Å². The van der Waals surface area contributed by atoms with Crippen molar-refractivity contribution < 1.29 is 19.7 Å². The van der Waals surface area contributed by atoms with E-state index in [0.717, 1.165) is 37.6 Å². The van der Waals surface area contributed by atoms with Gasteiger partial charge in [0.15, 0.2) is 0 Å². The van der Waals surface area contributed by atoms with Crippen LogP contribution in [-0.4, -0.2) is 85.9 Å². The van der Waals surface area contributed by atoms with Gasteiger partial charge in [-0.25, -0.2) is 0 Å². The van der Waals surface area contributed by atoms with Crippen LogP contribution in [0.15, 0.2) is 24.3 Å². The van der Waals surface area contributed by atoms with E-state index in [4.69, 9.17) is 15.2 Å². The van der Waals surface area contributed by atoms with Crippen LogP contribution in [0.5, 0.6) is 5.75 Å². The maximum atomic E-state index is 10.5. The first-order chi connectivity index (χ1) is 11.7. The second kappa shape index (κ2) is 7.67. The Balaban J connectivity index is 1.66. The fourth-order valence-electron chi connectivity index (χ4n) is 3.77. The van der Waals surface area contributed by atoms with E-state index in [0.29, 0.717) is 6.54 Å². The highest BCUT2D eigenvalue weighted by atomic mass is 16.5. The minimum absolute atomic E-state index is 0.160. The standard InChI is InChI=1S/C17H27N3O4/c1-23-13-5-3-2-4-12(13)19-6-8-20(9-7-19)16-14(10-18)24-15(11-21)17(16)22/h2-5,14-17,21-22H,6-11,18H2,1H3. The first-order valence-electron chi connectivity index (χ1n) is 8.46. The Kier molecular flexibility index (Phi) is 5.57. The number of ether oxygens (including phenoxy) is 2. The van der Waals surface area contributed by atoms with Gasteiger partial charge in [-0.15, -0.1) is 0 Å². The molecule has 7 nitrogen and oxygen atoms in total. The van der Waals surface area contributed by atoms with E-state index in [-0.39, 0.29) is 18.8 Å². The largest absolute Gasteiger partial charge is 0.495 e. The number of anilines is 1. The number of hydrogen-bond donors (Lipinski definition) is 3. The van der Waals surface area contributed by atoms with Gasteiger partial charge in [0, 0.05) is 32.7 Å². The van der Waals surface area contributed by atoms with Crippen LogP contribution in [0.2, 0.25) is 0 Å². The summed E-state index contributed by atoms with van der Waals surface area (Å²) in [5, 5.41) is 19.8. The monoisotopic (exact) mass is 337 g/mol. The van der Waals surface area contributed by atoms with Gasteiger partial charge in [0.2, 0.25) is 0 Å². The Morgan fingerprint density at radius 3 is 2.54 bits per heavy atom. The SMILES string of the molecule is COc1ccccc1N1CCN(C2C(CN)OC(CO)C2O)CC1. The molecule has 4 unspecified atom stereocenters. The van der Waals surface area contributed by atoms with Crippen molar-refractivity contribution in [1.82, 2.24) is 4.90 Å². The van der Waals surface area contributed by atoms with Crippen LogP contribution < -0.4 is 15.4 Å². The summed E-state index contributed by atoms with van der Waals surface area (Å²) in [5.74, 6) is 0.871. The number of nitrogens with zero attached hydrogens (tertiary/aromatic N) is 2. The van der Waals surface area contributed by atoms with Gasteiger partial charge in [-0.05, 0) is 12.1 Å². The number of para-hydroxylation sites is 2. The molecule has 0 aliphatic carbocycles. The van der Waals surface area contributed by atoms with E-state index in [9.17, 15) is 10.2 Å². The maximum Gasteiger partial charge on any atom is 0.142 e. The molecule has 0 amide bonds. The zero-order chi connectivity index (χ0) is 17.1. The van der Waals surface area contributed by atoms with Gasteiger partial charge in [-0.3, -0.25) is 4.90 Å². The number of hydrogen-bond acceptors (Lipinski definition) is 7. The predicted octanol–water partition coefficient (Wildman–Crippen LogP) is -0.735. The molecule has 2 aliphatic heterocycles. The summed E-state index contributed by atoms with van der Waals surface area (Å²) >= 11 is 0. The molecule has 0 radical (unpaired) electrons. The molecule has 0 saturated carbocycles. The summed E-state index contributed by atoms with van der Waals surface area (Å²) in [6.07, 6.45) is -1.49. The second-order valence-electron chi connectivity index (χ2n) is 6.31. The van der Waals surface area contributed by atoms with Crippen LogP contribution in [0.1, 0.15) is 0 Å². The Labute approximate surface area is 142 Å². The van der Waals surface area contributed by atoms with Gasteiger partial charge in [-0.2, -0.15) is 0 Å². The van der Waals surface area contributed by atoms with Crippen LogP contribution in [0, 0.1) is 0 Å². The minimum atomic E-state index is -0.707. The van der Waals surface area contributed by atoms with E-state index in [1.165, 1.54) is 0 Å². The molecule has 2 fully saturated rings. The fourth-order valence-corrected chi connectivity index (χ4v) is 3.77. The number of methoxy groups -OCH3 is 1. The van der Waals surface area contributed by atoms with Crippen LogP contribution in [0.4, 0.5) is 5.69 Å². The Hall–Kier alpha value is -1.38. The Bertz CT molecular complexity index is 534. The van der Waals surface area contributed by atoms with Crippen LogP contribution in [0.25, 0.3) is 0 Å². The molecule has 0 aromatic heterocycles. The molecule has 7 heteroatoms. The first-order valence-corrected chi connectivity index (χ1v) is 8.46. The van der Waals surface area contributed by atoms with Crippen molar-refractivity contribution in [2.45, 2.75) is 24.4 Å². The molecule has 1 aromatic carbocycles. The third-order valence-electron chi connectivity index (χ3n) is 5.04. The summed E-state index contributed by atoms with van der Waals surface area (Å²) in [6.45, 7) is 3.44. The lowest BCUT2D eigenvalue weighted by molar-refractivity contribution is -0.0193. The molecule has 2 aliphatic rings. The molecule has 4 N–H and O–H groups in total. The van der Waals surface area contributed by atoms with Crippen molar-refractivity contribution in [3.05, 3.63) is 24.3 Å². The lowest BCUT2D eigenvalue weighted by Gasteiger charge is -2.41. The molecule has 3 rings (SSSR count). The average molecular weight is 337 g/mol. The lowest BCUT2D eigenvalue weighted by atomic mass is 10.0. The van der Waals surface area contributed by atoms with E-state index in [2.05, 4.69) is 15.9 Å². The quantitative estimate of drug-likeness (QED) is 0.652. The molecule has 2 saturated heterocycles. The average Bonchev–Trinajstić information content (AvgIpc) is 2.97. The predicted molar refractivity (Wildman–Crippen MR) is 91.4 cm³/mol. The normalized spacial score (nSPS) is 31.4. The van der Waals surface area contributed by atoms with Crippen molar-refractivity contribution >= 4 is 5.69 Å². The van der Waals surface area contributed by atoms with Crippen LogP contribution in [-0.2, 0) is 4.74 Å². The van der Waals surface area contributed by atoms with Gasteiger partial charge >= 0.3 is 0 Å². The van der Waals surface area contributed by atoms with Crippen molar-refractivity contribution in [3.8, 4) is 5.75 Å². The van der Waals surface area contributed by atoms with Gasteiger partial charge in [0.05, 0.1) is 31.5 Å². The molecule has 0 bridgehead atoms. The molecule has 0 spiro atoms. The highest BCUT2D eigenvalue weighted by molar-refractivity contribution is 5.58. The molecule has 2 heterocycles. The summed E-state index contributed by atoms with van der Waals surface area (Å²) < 4.78 is 11.1. The van der Waals surface area contributed by atoms with Crippen molar-refractivity contribution in [2.24, 2.45) is 5.73 Å². The first kappa shape index (κ1) is 17.4. The van der Waals surface area contributed by atoms with Crippen molar-refractivity contribution in [1.29, 1.82) is 0 Å². The van der Waals surface area contributed by atoms with E-state index in [1.54, 1.807) is 7.11 Å². The zero-order valence-corrected chi connectivity index (χ0v) is 14.0. The Morgan fingerprint density at radius 1 is 1.21 bits per heavy atom. The number of aliphatic hydroxyl groups excluding tert-OH is 2. The van der Waals surface area contributed by atoms with Crippen LogP contribution in [0.3, 0.4) is 0 Å². The van der Waals surface area contributed by atoms with Gasteiger partial charge in [-0.1, -0.05) is 12.1 Å². The number of benzene rings is 1. The minimum Gasteiger partial charge on any atom is -0.495 e. The highest BCUT2D eigenvalue weighted by Gasteiger charge is 2.46. The maximum absolute atomic E-state index is 10.5. The Morgan fingerprint density at radius 2 is 1.92 bits per heavy atom.